The third-order valence-corrected chi connectivity index (χ3v) is 2.70. The number of aromatic nitrogens is 3. The van der Waals surface area contributed by atoms with Crippen molar-refractivity contribution in [2.45, 2.75) is 0 Å². The maximum atomic E-state index is 12.9. The van der Waals surface area contributed by atoms with E-state index < -0.39 is 0 Å². The van der Waals surface area contributed by atoms with Crippen molar-refractivity contribution in [3.63, 3.8) is 0 Å². The van der Waals surface area contributed by atoms with Crippen LogP contribution < -0.4 is 4.74 Å². The molecule has 2 aromatic heterocycles. The number of nitrogens with zero attached hydrogens (tertiary/aromatic N) is 3. The number of fused-ring (bicyclic) bond motifs is 1. The zero-order valence-corrected chi connectivity index (χ0v) is 9.67. The lowest BCUT2D eigenvalue weighted by atomic mass is 10.2. The smallest absolute Gasteiger partial charge is 0.200 e. The summed E-state index contributed by atoms with van der Waals surface area (Å²) in [5, 5.41) is 8.18. The van der Waals surface area contributed by atoms with Crippen LogP contribution in [0.3, 0.4) is 0 Å². The van der Waals surface area contributed by atoms with Crippen molar-refractivity contribution in [1.29, 1.82) is 0 Å². The van der Waals surface area contributed by atoms with Crippen LogP contribution in [0.15, 0.2) is 42.5 Å². The Hall–Kier alpha value is -2.43. The molecule has 0 unspecified atom stereocenters. The number of benzene rings is 1. The third kappa shape index (κ3) is 1.60. The molecule has 0 atom stereocenters. The highest BCUT2D eigenvalue weighted by molar-refractivity contribution is 5.60. The summed E-state index contributed by atoms with van der Waals surface area (Å²) >= 11 is 0. The lowest BCUT2D eigenvalue weighted by Gasteiger charge is -2.05. The first-order valence-electron chi connectivity index (χ1n) is 5.43. The average molecular weight is 243 g/mol. The number of pyridine rings is 1. The van der Waals surface area contributed by atoms with E-state index in [0.717, 1.165) is 5.56 Å². The standard InChI is InChI=1S/C13H10FN3O/c1-18-12-4-2-3-11-15-16-13(17(11)12)9-5-7-10(14)8-6-9/h2-8H,1H3. The summed E-state index contributed by atoms with van der Waals surface area (Å²) in [5.41, 5.74) is 1.47. The van der Waals surface area contributed by atoms with Crippen LogP contribution in [0.25, 0.3) is 17.0 Å². The van der Waals surface area contributed by atoms with Gasteiger partial charge in [-0.25, -0.2) is 8.79 Å². The second-order valence-electron chi connectivity index (χ2n) is 3.79. The van der Waals surface area contributed by atoms with Crippen molar-refractivity contribution < 1.29 is 9.13 Å². The number of halogens is 1. The van der Waals surface area contributed by atoms with E-state index in [2.05, 4.69) is 10.2 Å². The van der Waals surface area contributed by atoms with Crippen LogP contribution in [0.5, 0.6) is 5.88 Å². The zero-order valence-electron chi connectivity index (χ0n) is 9.67. The van der Waals surface area contributed by atoms with E-state index in [1.807, 2.05) is 18.2 Å². The molecule has 0 amide bonds. The largest absolute Gasteiger partial charge is 0.482 e. The second-order valence-corrected chi connectivity index (χ2v) is 3.79. The van der Waals surface area contributed by atoms with Gasteiger partial charge in [-0.3, -0.25) is 0 Å². The molecule has 0 spiro atoms. The zero-order chi connectivity index (χ0) is 12.5. The molecular weight excluding hydrogens is 233 g/mol. The monoisotopic (exact) mass is 243 g/mol. The second kappa shape index (κ2) is 4.10. The van der Waals surface area contributed by atoms with Crippen LogP contribution >= 0.6 is 0 Å². The van der Waals surface area contributed by atoms with E-state index in [-0.39, 0.29) is 5.82 Å². The van der Waals surface area contributed by atoms with Crippen molar-refractivity contribution >= 4 is 5.65 Å². The van der Waals surface area contributed by atoms with Crippen LogP contribution in [0.1, 0.15) is 0 Å². The molecule has 0 N–H and O–H groups in total. The van der Waals surface area contributed by atoms with Gasteiger partial charge in [-0.05, 0) is 36.4 Å². The van der Waals surface area contributed by atoms with Gasteiger partial charge in [0.1, 0.15) is 5.82 Å². The Morgan fingerprint density at radius 3 is 2.56 bits per heavy atom. The molecule has 18 heavy (non-hydrogen) atoms. The topological polar surface area (TPSA) is 39.4 Å². The molecular formula is C13H10FN3O. The number of methoxy groups -OCH3 is 1. The maximum absolute atomic E-state index is 12.9. The van der Waals surface area contributed by atoms with Gasteiger partial charge in [0.05, 0.1) is 7.11 Å². The molecule has 0 bridgehead atoms. The van der Waals surface area contributed by atoms with Crippen molar-refractivity contribution in [3.8, 4) is 17.3 Å². The first kappa shape index (κ1) is 10.7. The van der Waals surface area contributed by atoms with Gasteiger partial charge in [0.15, 0.2) is 11.5 Å². The first-order valence-corrected chi connectivity index (χ1v) is 5.43. The van der Waals surface area contributed by atoms with Crippen LogP contribution in [-0.4, -0.2) is 21.7 Å². The average Bonchev–Trinajstić information content (AvgIpc) is 2.83. The third-order valence-electron chi connectivity index (χ3n) is 2.70. The van der Waals surface area contributed by atoms with Gasteiger partial charge >= 0.3 is 0 Å². The van der Waals surface area contributed by atoms with Gasteiger partial charge in [0.25, 0.3) is 0 Å². The fourth-order valence-electron chi connectivity index (χ4n) is 1.86. The number of hydrogen-bond acceptors (Lipinski definition) is 3. The minimum absolute atomic E-state index is 0.278. The highest BCUT2D eigenvalue weighted by Crippen LogP contribution is 2.23. The molecule has 3 rings (SSSR count). The molecule has 3 aromatic rings. The van der Waals surface area contributed by atoms with E-state index in [1.54, 1.807) is 23.6 Å². The molecule has 0 aliphatic rings. The normalized spacial score (nSPS) is 10.8. The Morgan fingerprint density at radius 1 is 1.06 bits per heavy atom. The summed E-state index contributed by atoms with van der Waals surface area (Å²) in [6.07, 6.45) is 0. The van der Waals surface area contributed by atoms with Crippen molar-refractivity contribution in [3.05, 3.63) is 48.3 Å². The Kier molecular flexibility index (Phi) is 2.44. The van der Waals surface area contributed by atoms with Gasteiger partial charge in [-0.2, -0.15) is 0 Å². The van der Waals surface area contributed by atoms with E-state index >= 15 is 0 Å². The van der Waals surface area contributed by atoms with Gasteiger partial charge in [-0.15, -0.1) is 10.2 Å². The molecule has 0 saturated heterocycles. The SMILES string of the molecule is COc1cccc2nnc(-c3ccc(F)cc3)n12. The molecule has 1 aromatic carbocycles. The highest BCUT2D eigenvalue weighted by Gasteiger charge is 2.11. The van der Waals surface area contributed by atoms with Crippen LogP contribution in [0.2, 0.25) is 0 Å². The van der Waals surface area contributed by atoms with Crippen LogP contribution in [0.4, 0.5) is 4.39 Å². The molecule has 5 heteroatoms. The minimum atomic E-state index is -0.278. The molecule has 90 valence electrons. The quantitative estimate of drug-likeness (QED) is 0.694. The molecule has 0 aliphatic carbocycles. The number of rotatable bonds is 2. The molecule has 0 saturated carbocycles. The molecule has 2 heterocycles. The first-order chi connectivity index (χ1) is 8.79. The van der Waals surface area contributed by atoms with E-state index in [9.17, 15) is 4.39 Å². The summed E-state index contributed by atoms with van der Waals surface area (Å²) in [5.74, 6) is 0.985. The van der Waals surface area contributed by atoms with Gasteiger partial charge in [0, 0.05) is 5.56 Å². The van der Waals surface area contributed by atoms with Crippen molar-refractivity contribution in [2.24, 2.45) is 0 Å². The van der Waals surface area contributed by atoms with E-state index in [0.29, 0.717) is 17.4 Å². The molecule has 4 nitrogen and oxygen atoms in total. The summed E-state index contributed by atoms with van der Waals surface area (Å²) in [6.45, 7) is 0. The predicted molar refractivity (Wildman–Crippen MR) is 64.9 cm³/mol. The Bertz CT molecular complexity index is 691. The van der Waals surface area contributed by atoms with E-state index in [1.165, 1.54) is 12.1 Å². The summed E-state index contributed by atoms with van der Waals surface area (Å²) in [6, 6.07) is 11.6. The Morgan fingerprint density at radius 2 is 1.83 bits per heavy atom. The maximum Gasteiger partial charge on any atom is 0.200 e. The lowest BCUT2D eigenvalue weighted by molar-refractivity contribution is 0.393. The summed E-state index contributed by atoms with van der Waals surface area (Å²) < 4.78 is 20.0. The predicted octanol–water partition coefficient (Wildman–Crippen LogP) is 2.54. The van der Waals surface area contributed by atoms with Gasteiger partial charge in [-0.1, -0.05) is 6.07 Å². The van der Waals surface area contributed by atoms with Crippen molar-refractivity contribution in [2.75, 3.05) is 7.11 Å². The van der Waals surface area contributed by atoms with Crippen LogP contribution in [-0.2, 0) is 0 Å². The summed E-state index contributed by atoms with van der Waals surface area (Å²) in [7, 11) is 1.59. The fraction of sp³-hybridized carbons (Fsp3) is 0.0769. The summed E-state index contributed by atoms with van der Waals surface area (Å²) in [4.78, 5) is 0. The highest BCUT2D eigenvalue weighted by atomic mass is 19.1. The number of ether oxygens (including phenoxy) is 1. The minimum Gasteiger partial charge on any atom is -0.482 e. The molecule has 0 fully saturated rings. The van der Waals surface area contributed by atoms with Gasteiger partial charge in [0.2, 0.25) is 5.88 Å². The molecule has 0 radical (unpaired) electrons. The Labute approximate surface area is 103 Å². The molecule has 0 aliphatic heterocycles. The van der Waals surface area contributed by atoms with Crippen LogP contribution in [0, 0.1) is 5.82 Å². The van der Waals surface area contributed by atoms with E-state index in [4.69, 9.17) is 4.74 Å². The van der Waals surface area contributed by atoms with Gasteiger partial charge < -0.3 is 4.74 Å². The Balaban J connectivity index is 2.26. The number of hydrogen-bond donors (Lipinski definition) is 0. The lowest BCUT2D eigenvalue weighted by Crippen LogP contribution is -1.96. The van der Waals surface area contributed by atoms with Crippen molar-refractivity contribution in [1.82, 2.24) is 14.6 Å². The fourth-order valence-corrected chi connectivity index (χ4v) is 1.86.